The fourth-order valence-electron chi connectivity index (χ4n) is 4.12. The van der Waals surface area contributed by atoms with Gasteiger partial charge in [0.2, 0.25) is 5.91 Å². The second-order valence-corrected chi connectivity index (χ2v) is 7.40. The van der Waals surface area contributed by atoms with Gasteiger partial charge in [0.15, 0.2) is 0 Å². The van der Waals surface area contributed by atoms with Crippen molar-refractivity contribution in [1.29, 1.82) is 0 Å². The van der Waals surface area contributed by atoms with Crippen LogP contribution in [0, 0.1) is 11.7 Å². The van der Waals surface area contributed by atoms with E-state index in [9.17, 15) is 9.18 Å². The molecule has 1 N–H and O–H groups in total. The summed E-state index contributed by atoms with van der Waals surface area (Å²) in [5.74, 6) is 0.616. The highest BCUT2D eigenvalue weighted by Crippen LogP contribution is 2.40. The van der Waals surface area contributed by atoms with E-state index in [1.54, 1.807) is 0 Å². The van der Waals surface area contributed by atoms with Crippen LogP contribution in [0.4, 0.5) is 4.39 Å². The van der Waals surface area contributed by atoms with Crippen molar-refractivity contribution in [2.45, 2.75) is 44.4 Å². The van der Waals surface area contributed by atoms with E-state index in [-0.39, 0.29) is 17.1 Å². The molecule has 2 fully saturated rings. The summed E-state index contributed by atoms with van der Waals surface area (Å²) < 4.78 is 13.2. The number of hydrogen-bond acceptors (Lipinski definition) is 2. The van der Waals surface area contributed by atoms with E-state index in [0.717, 1.165) is 31.5 Å². The van der Waals surface area contributed by atoms with Crippen LogP contribution >= 0.6 is 0 Å². The van der Waals surface area contributed by atoms with E-state index < -0.39 is 0 Å². The van der Waals surface area contributed by atoms with Crippen LogP contribution in [0.1, 0.15) is 44.6 Å². The molecule has 1 saturated carbocycles. The summed E-state index contributed by atoms with van der Waals surface area (Å²) in [6, 6.07) is 6.83. The Morgan fingerprint density at radius 1 is 1.30 bits per heavy atom. The molecule has 4 heteroatoms. The van der Waals surface area contributed by atoms with Crippen molar-refractivity contribution in [3.05, 3.63) is 35.6 Å². The van der Waals surface area contributed by atoms with Gasteiger partial charge in [-0.3, -0.25) is 9.69 Å². The Bertz CT molecular complexity index is 537. The standard InChI is InChI=1S/C19H27FN2O/c1-15-8-11-22(12-15)13-18(23)21-14-19(9-2-3-10-19)16-4-6-17(20)7-5-16/h4-7,15H,2-3,8-14H2,1H3,(H,21,23). The van der Waals surface area contributed by atoms with Crippen molar-refractivity contribution in [3.63, 3.8) is 0 Å². The number of nitrogens with one attached hydrogen (secondary N) is 1. The zero-order valence-corrected chi connectivity index (χ0v) is 14.0. The first-order valence-corrected chi connectivity index (χ1v) is 8.82. The number of amides is 1. The number of rotatable bonds is 5. The van der Waals surface area contributed by atoms with E-state index in [2.05, 4.69) is 17.1 Å². The highest BCUT2D eigenvalue weighted by Gasteiger charge is 2.36. The molecule has 1 atom stereocenters. The van der Waals surface area contributed by atoms with Crippen LogP contribution in [0.2, 0.25) is 0 Å². The molecular weight excluding hydrogens is 291 g/mol. The van der Waals surface area contributed by atoms with Crippen LogP contribution in [-0.2, 0) is 10.2 Å². The number of carbonyl (C=O) groups is 1. The first-order chi connectivity index (χ1) is 11.1. The van der Waals surface area contributed by atoms with Crippen LogP contribution in [0.5, 0.6) is 0 Å². The first kappa shape index (κ1) is 16.4. The maximum absolute atomic E-state index is 13.2. The lowest BCUT2D eigenvalue weighted by Crippen LogP contribution is -2.43. The third-order valence-corrected chi connectivity index (χ3v) is 5.52. The largest absolute Gasteiger partial charge is 0.354 e. The molecule has 1 unspecified atom stereocenters. The average molecular weight is 318 g/mol. The zero-order valence-electron chi connectivity index (χ0n) is 14.0. The Hall–Kier alpha value is -1.42. The third-order valence-electron chi connectivity index (χ3n) is 5.52. The highest BCUT2D eigenvalue weighted by atomic mass is 19.1. The van der Waals surface area contributed by atoms with Crippen LogP contribution in [0.25, 0.3) is 0 Å². The van der Waals surface area contributed by atoms with E-state index in [1.165, 1.54) is 31.4 Å². The van der Waals surface area contributed by atoms with Gasteiger partial charge in [-0.1, -0.05) is 31.9 Å². The van der Waals surface area contributed by atoms with Gasteiger partial charge in [0.1, 0.15) is 5.82 Å². The molecule has 1 saturated heterocycles. The maximum Gasteiger partial charge on any atom is 0.234 e. The first-order valence-electron chi connectivity index (χ1n) is 8.82. The summed E-state index contributed by atoms with van der Waals surface area (Å²) in [5, 5.41) is 3.15. The monoisotopic (exact) mass is 318 g/mol. The normalized spacial score (nSPS) is 24.0. The molecule has 0 spiro atoms. The van der Waals surface area contributed by atoms with Crippen LogP contribution in [0.3, 0.4) is 0 Å². The zero-order chi connectivity index (χ0) is 16.3. The molecular formula is C19H27FN2O. The molecule has 3 nitrogen and oxygen atoms in total. The molecule has 0 bridgehead atoms. The minimum atomic E-state index is -0.200. The average Bonchev–Trinajstić information content (AvgIpc) is 3.16. The number of hydrogen-bond donors (Lipinski definition) is 1. The van der Waals surface area contributed by atoms with E-state index in [0.29, 0.717) is 19.0 Å². The molecule has 126 valence electrons. The van der Waals surface area contributed by atoms with Crippen LogP contribution in [-0.4, -0.2) is 37.0 Å². The molecule has 0 aromatic heterocycles. The van der Waals surface area contributed by atoms with Crippen molar-refractivity contribution in [3.8, 4) is 0 Å². The predicted molar refractivity (Wildman–Crippen MR) is 89.8 cm³/mol. The summed E-state index contributed by atoms with van der Waals surface area (Å²) in [6.07, 6.45) is 5.68. The molecule has 1 aliphatic heterocycles. The molecule has 1 aliphatic carbocycles. The molecule has 2 aliphatic rings. The molecule has 3 rings (SSSR count). The molecule has 1 heterocycles. The third kappa shape index (κ3) is 3.92. The number of benzene rings is 1. The Labute approximate surface area is 138 Å². The lowest BCUT2D eigenvalue weighted by Gasteiger charge is -2.30. The molecule has 23 heavy (non-hydrogen) atoms. The van der Waals surface area contributed by atoms with Crippen molar-refractivity contribution in [1.82, 2.24) is 10.2 Å². The van der Waals surface area contributed by atoms with Gasteiger partial charge in [-0.25, -0.2) is 4.39 Å². The van der Waals surface area contributed by atoms with Gasteiger partial charge in [0.05, 0.1) is 6.54 Å². The second kappa shape index (κ2) is 7.00. The van der Waals surface area contributed by atoms with Crippen molar-refractivity contribution >= 4 is 5.91 Å². The second-order valence-electron chi connectivity index (χ2n) is 7.40. The van der Waals surface area contributed by atoms with Crippen molar-refractivity contribution < 1.29 is 9.18 Å². The quantitative estimate of drug-likeness (QED) is 0.905. The fourth-order valence-corrected chi connectivity index (χ4v) is 4.12. The predicted octanol–water partition coefficient (Wildman–Crippen LogP) is 3.10. The lowest BCUT2D eigenvalue weighted by molar-refractivity contribution is -0.122. The van der Waals surface area contributed by atoms with Crippen molar-refractivity contribution in [2.75, 3.05) is 26.2 Å². The minimum Gasteiger partial charge on any atom is -0.354 e. The fraction of sp³-hybridized carbons (Fsp3) is 0.632. The smallest absolute Gasteiger partial charge is 0.234 e. The summed E-state index contributed by atoms with van der Waals surface area (Å²) in [5.41, 5.74) is 1.15. The molecule has 1 aromatic rings. The van der Waals surface area contributed by atoms with Gasteiger partial charge in [0.25, 0.3) is 0 Å². The van der Waals surface area contributed by atoms with E-state index in [1.807, 2.05) is 12.1 Å². The van der Waals surface area contributed by atoms with Gasteiger partial charge in [-0.05, 0) is 49.4 Å². The Balaban J connectivity index is 1.59. The van der Waals surface area contributed by atoms with Crippen LogP contribution in [0.15, 0.2) is 24.3 Å². The van der Waals surface area contributed by atoms with Gasteiger partial charge in [-0.2, -0.15) is 0 Å². The Kier molecular flexibility index (Phi) is 5.00. The van der Waals surface area contributed by atoms with Gasteiger partial charge in [0, 0.05) is 18.5 Å². The van der Waals surface area contributed by atoms with Gasteiger partial charge >= 0.3 is 0 Å². The van der Waals surface area contributed by atoms with E-state index >= 15 is 0 Å². The number of halogens is 1. The highest BCUT2D eigenvalue weighted by molar-refractivity contribution is 5.78. The SMILES string of the molecule is CC1CCN(CC(=O)NCC2(c3ccc(F)cc3)CCCC2)C1. The summed E-state index contributed by atoms with van der Waals surface area (Å²) in [4.78, 5) is 14.5. The summed E-state index contributed by atoms with van der Waals surface area (Å²) >= 11 is 0. The number of carbonyl (C=O) groups excluding carboxylic acids is 1. The minimum absolute atomic E-state index is 0.0122. The molecule has 0 radical (unpaired) electrons. The Morgan fingerprint density at radius 2 is 2.00 bits per heavy atom. The Morgan fingerprint density at radius 3 is 2.61 bits per heavy atom. The molecule has 1 aromatic carbocycles. The van der Waals surface area contributed by atoms with E-state index in [4.69, 9.17) is 0 Å². The lowest BCUT2D eigenvalue weighted by atomic mass is 9.79. The van der Waals surface area contributed by atoms with Crippen molar-refractivity contribution in [2.24, 2.45) is 5.92 Å². The van der Waals surface area contributed by atoms with Gasteiger partial charge < -0.3 is 5.32 Å². The topological polar surface area (TPSA) is 32.3 Å². The number of nitrogens with zero attached hydrogens (tertiary/aromatic N) is 1. The molecule has 1 amide bonds. The maximum atomic E-state index is 13.2. The summed E-state index contributed by atoms with van der Waals surface area (Å²) in [6.45, 7) is 5.46. The number of likely N-dealkylation sites (tertiary alicyclic amines) is 1. The summed E-state index contributed by atoms with van der Waals surface area (Å²) in [7, 11) is 0. The van der Waals surface area contributed by atoms with Gasteiger partial charge in [-0.15, -0.1) is 0 Å². The van der Waals surface area contributed by atoms with Crippen LogP contribution < -0.4 is 5.32 Å².